The summed E-state index contributed by atoms with van der Waals surface area (Å²) in [4.78, 5) is 12.7. The van der Waals surface area contributed by atoms with Crippen LogP contribution in [0.1, 0.15) is 41.6 Å². The van der Waals surface area contributed by atoms with E-state index >= 15 is 0 Å². The van der Waals surface area contributed by atoms with Crippen molar-refractivity contribution in [1.29, 1.82) is 0 Å². The molecule has 138 valence electrons. The van der Waals surface area contributed by atoms with Gasteiger partial charge in [0, 0.05) is 17.6 Å². The lowest BCUT2D eigenvalue weighted by atomic mass is 9.91. The minimum absolute atomic E-state index is 0.0861. The molecule has 2 aromatic rings. The van der Waals surface area contributed by atoms with Crippen LogP contribution >= 0.6 is 0 Å². The highest BCUT2D eigenvalue weighted by molar-refractivity contribution is 6.01. The lowest BCUT2D eigenvalue weighted by Gasteiger charge is -2.27. The third-order valence-electron chi connectivity index (χ3n) is 4.80. The van der Waals surface area contributed by atoms with Gasteiger partial charge in [-0.15, -0.1) is 0 Å². The smallest absolute Gasteiger partial charge is 0.349 e. The predicted octanol–water partition coefficient (Wildman–Crippen LogP) is 4.37. The topological polar surface area (TPSA) is 55.1 Å². The van der Waals surface area contributed by atoms with Crippen molar-refractivity contribution in [2.45, 2.75) is 43.9 Å². The first-order chi connectivity index (χ1) is 12.3. The molecule has 0 aromatic heterocycles. The van der Waals surface area contributed by atoms with Gasteiger partial charge in [0.2, 0.25) is 0 Å². The summed E-state index contributed by atoms with van der Waals surface area (Å²) in [6, 6.07) is 12.1. The molecular formula is C20H21F3N2O. The zero-order valence-electron chi connectivity index (χ0n) is 14.2. The zero-order valence-corrected chi connectivity index (χ0v) is 14.2. The fourth-order valence-electron chi connectivity index (χ4n) is 3.30. The van der Waals surface area contributed by atoms with Gasteiger partial charge in [-0.05, 0) is 55.0 Å². The Kier molecular flexibility index (Phi) is 5.32. The first-order valence-electron chi connectivity index (χ1n) is 8.67. The van der Waals surface area contributed by atoms with E-state index in [9.17, 15) is 18.0 Å². The van der Waals surface area contributed by atoms with Crippen molar-refractivity contribution in [3.63, 3.8) is 0 Å². The van der Waals surface area contributed by atoms with Crippen molar-refractivity contribution < 1.29 is 18.0 Å². The number of hydrogen-bond donors (Lipinski definition) is 2. The lowest BCUT2D eigenvalue weighted by molar-refractivity contribution is -0.137. The van der Waals surface area contributed by atoms with Crippen molar-refractivity contribution in [2.24, 2.45) is 5.73 Å². The van der Waals surface area contributed by atoms with Gasteiger partial charge < -0.3 is 11.1 Å². The van der Waals surface area contributed by atoms with E-state index < -0.39 is 11.7 Å². The number of carbonyl (C=O) groups is 1. The third-order valence-corrected chi connectivity index (χ3v) is 4.80. The summed E-state index contributed by atoms with van der Waals surface area (Å²) < 4.78 is 38.2. The number of carbonyl (C=O) groups excluding carboxylic acids is 1. The van der Waals surface area contributed by atoms with Gasteiger partial charge in [-0.2, -0.15) is 13.2 Å². The zero-order chi connectivity index (χ0) is 18.7. The monoisotopic (exact) mass is 362 g/mol. The number of benzene rings is 2. The van der Waals surface area contributed by atoms with Crippen LogP contribution in [0, 0.1) is 0 Å². The van der Waals surface area contributed by atoms with Crippen LogP contribution in [0.2, 0.25) is 0 Å². The SMILES string of the molecule is NC1CCC(NC(=O)c2ccccc2-c2ccc(C(F)(F)F)cc2)CC1. The van der Waals surface area contributed by atoms with Crippen LogP contribution in [0.4, 0.5) is 13.2 Å². The van der Waals surface area contributed by atoms with Gasteiger partial charge >= 0.3 is 6.18 Å². The molecule has 0 heterocycles. The van der Waals surface area contributed by atoms with E-state index in [1.165, 1.54) is 12.1 Å². The molecule has 26 heavy (non-hydrogen) atoms. The largest absolute Gasteiger partial charge is 0.416 e. The molecule has 0 atom stereocenters. The highest BCUT2D eigenvalue weighted by atomic mass is 19.4. The average molecular weight is 362 g/mol. The average Bonchev–Trinajstić information content (AvgIpc) is 2.63. The minimum atomic E-state index is -4.38. The summed E-state index contributed by atoms with van der Waals surface area (Å²) in [5.74, 6) is -0.207. The maximum Gasteiger partial charge on any atom is 0.416 e. The van der Waals surface area contributed by atoms with Crippen LogP contribution < -0.4 is 11.1 Å². The second-order valence-electron chi connectivity index (χ2n) is 6.71. The van der Waals surface area contributed by atoms with Gasteiger partial charge in [0.15, 0.2) is 0 Å². The van der Waals surface area contributed by atoms with Crippen LogP contribution in [0.15, 0.2) is 48.5 Å². The molecule has 0 unspecified atom stereocenters. The van der Waals surface area contributed by atoms with Crippen molar-refractivity contribution in [1.82, 2.24) is 5.32 Å². The van der Waals surface area contributed by atoms with E-state index in [-0.39, 0.29) is 18.0 Å². The number of nitrogens with two attached hydrogens (primary N) is 1. The summed E-state index contributed by atoms with van der Waals surface area (Å²) in [5, 5.41) is 3.03. The molecule has 1 fully saturated rings. The first kappa shape index (κ1) is 18.5. The number of halogens is 3. The van der Waals surface area contributed by atoms with E-state index in [0.29, 0.717) is 16.7 Å². The van der Waals surface area contributed by atoms with Gasteiger partial charge in [-0.1, -0.05) is 30.3 Å². The highest BCUT2D eigenvalue weighted by Gasteiger charge is 2.30. The highest BCUT2D eigenvalue weighted by Crippen LogP contribution is 2.32. The standard InChI is InChI=1S/C20H21F3N2O/c21-20(22,23)14-7-5-13(6-8-14)17-3-1-2-4-18(17)19(26)25-16-11-9-15(24)10-12-16/h1-8,15-16H,9-12,24H2,(H,25,26). The van der Waals surface area contributed by atoms with Gasteiger partial charge in [-0.3, -0.25) is 4.79 Å². The maximum absolute atomic E-state index is 12.7. The fourth-order valence-corrected chi connectivity index (χ4v) is 3.30. The van der Waals surface area contributed by atoms with Gasteiger partial charge in [0.05, 0.1) is 5.56 Å². The van der Waals surface area contributed by atoms with Crippen LogP contribution in [0.3, 0.4) is 0 Å². The number of rotatable bonds is 3. The maximum atomic E-state index is 12.7. The Morgan fingerprint density at radius 3 is 2.19 bits per heavy atom. The fraction of sp³-hybridized carbons (Fsp3) is 0.350. The van der Waals surface area contributed by atoms with Gasteiger partial charge in [0.25, 0.3) is 5.91 Å². The molecule has 1 amide bonds. The predicted molar refractivity (Wildman–Crippen MR) is 94.6 cm³/mol. The van der Waals surface area contributed by atoms with E-state index in [1.807, 2.05) is 0 Å². The van der Waals surface area contributed by atoms with E-state index in [4.69, 9.17) is 5.73 Å². The second kappa shape index (κ2) is 7.50. The van der Waals surface area contributed by atoms with Crippen molar-refractivity contribution in [3.05, 3.63) is 59.7 Å². The van der Waals surface area contributed by atoms with Crippen LogP contribution in [0.25, 0.3) is 11.1 Å². The number of alkyl halides is 3. The molecule has 1 aliphatic rings. The Morgan fingerprint density at radius 1 is 0.962 bits per heavy atom. The van der Waals surface area contributed by atoms with Crippen molar-refractivity contribution in [2.75, 3.05) is 0 Å². The van der Waals surface area contributed by atoms with E-state index in [2.05, 4.69) is 5.32 Å². The van der Waals surface area contributed by atoms with Crippen molar-refractivity contribution >= 4 is 5.91 Å². The molecule has 0 spiro atoms. The van der Waals surface area contributed by atoms with E-state index in [0.717, 1.165) is 37.8 Å². The van der Waals surface area contributed by atoms with Crippen LogP contribution in [0.5, 0.6) is 0 Å². The molecular weight excluding hydrogens is 341 g/mol. The lowest BCUT2D eigenvalue weighted by Crippen LogP contribution is -2.40. The molecule has 6 heteroatoms. The summed E-state index contributed by atoms with van der Waals surface area (Å²) in [6.45, 7) is 0. The molecule has 2 aromatic carbocycles. The molecule has 3 rings (SSSR count). The number of amides is 1. The van der Waals surface area contributed by atoms with Gasteiger partial charge in [-0.25, -0.2) is 0 Å². The van der Waals surface area contributed by atoms with Crippen molar-refractivity contribution in [3.8, 4) is 11.1 Å². The molecule has 1 aliphatic carbocycles. The summed E-state index contributed by atoms with van der Waals surface area (Å²) in [6.07, 6.45) is -0.932. The van der Waals surface area contributed by atoms with E-state index in [1.54, 1.807) is 24.3 Å². The Bertz CT molecular complexity index is 763. The van der Waals surface area contributed by atoms with Crippen LogP contribution in [-0.4, -0.2) is 18.0 Å². The minimum Gasteiger partial charge on any atom is -0.349 e. The Morgan fingerprint density at radius 2 is 1.58 bits per heavy atom. The van der Waals surface area contributed by atoms with Crippen LogP contribution in [-0.2, 0) is 6.18 Å². The first-order valence-corrected chi connectivity index (χ1v) is 8.67. The Labute approximate surface area is 150 Å². The molecule has 0 aliphatic heterocycles. The molecule has 3 nitrogen and oxygen atoms in total. The molecule has 0 bridgehead atoms. The molecule has 0 radical (unpaired) electrons. The summed E-state index contributed by atoms with van der Waals surface area (Å²) in [7, 11) is 0. The number of hydrogen-bond acceptors (Lipinski definition) is 2. The molecule has 1 saturated carbocycles. The second-order valence-corrected chi connectivity index (χ2v) is 6.71. The summed E-state index contributed by atoms with van der Waals surface area (Å²) >= 11 is 0. The quantitative estimate of drug-likeness (QED) is 0.852. The molecule has 3 N–H and O–H groups in total. The normalized spacial score (nSPS) is 20.6. The Balaban J connectivity index is 1.80. The summed E-state index contributed by atoms with van der Waals surface area (Å²) in [5.41, 5.74) is 6.84. The third kappa shape index (κ3) is 4.25. The molecule has 0 saturated heterocycles. The number of nitrogens with one attached hydrogen (secondary N) is 1. The Hall–Kier alpha value is -2.34. The van der Waals surface area contributed by atoms with Gasteiger partial charge in [0.1, 0.15) is 0 Å².